The molecule has 1 aromatic heterocycles. The molecule has 0 aliphatic heterocycles. The average molecular weight is 403 g/mol. The van der Waals surface area contributed by atoms with E-state index in [0.29, 0.717) is 40.7 Å². The van der Waals surface area contributed by atoms with Gasteiger partial charge in [-0.3, -0.25) is 0 Å². The lowest BCUT2D eigenvalue weighted by Crippen LogP contribution is -2.15. The van der Waals surface area contributed by atoms with Crippen LogP contribution in [0.3, 0.4) is 0 Å². The predicted molar refractivity (Wildman–Crippen MR) is 101 cm³/mol. The summed E-state index contributed by atoms with van der Waals surface area (Å²) in [6, 6.07) is 12.4. The number of nitrogens with two attached hydrogens (primary N) is 1. The van der Waals surface area contributed by atoms with E-state index in [0.717, 1.165) is 0 Å². The van der Waals surface area contributed by atoms with Crippen LogP contribution in [0, 0.1) is 5.82 Å². The van der Waals surface area contributed by atoms with E-state index >= 15 is 0 Å². The summed E-state index contributed by atoms with van der Waals surface area (Å²) in [5, 5.41) is 8.03. The topological polar surface area (TPSA) is 104 Å². The summed E-state index contributed by atoms with van der Waals surface area (Å²) in [6.45, 7) is 0. The number of rotatable bonds is 7. The second-order valence-corrected chi connectivity index (χ2v) is 6.26. The van der Waals surface area contributed by atoms with E-state index in [4.69, 9.17) is 26.7 Å². The van der Waals surface area contributed by atoms with Crippen molar-refractivity contribution in [3.05, 3.63) is 70.8 Å². The Labute approximate surface area is 164 Å². The average Bonchev–Trinajstić information content (AvgIpc) is 3.16. The van der Waals surface area contributed by atoms with Gasteiger partial charge in [0.25, 0.3) is 0 Å². The minimum Gasteiger partial charge on any atom is -0.380 e. The largest absolute Gasteiger partial charge is 0.380 e. The monoisotopic (exact) mass is 402 g/mol. The maximum Gasteiger partial charge on any atom is 0.335 e. The van der Waals surface area contributed by atoms with Gasteiger partial charge < -0.3 is 15.1 Å². The highest BCUT2D eigenvalue weighted by Gasteiger charge is 2.11. The Bertz CT molecular complexity index is 972. The van der Waals surface area contributed by atoms with Crippen LogP contribution in [0.25, 0.3) is 11.4 Å². The Hall–Kier alpha value is -3.26. The van der Waals surface area contributed by atoms with Crippen LogP contribution in [-0.2, 0) is 16.1 Å². The van der Waals surface area contributed by atoms with Crippen molar-refractivity contribution in [1.29, 1.82) is 0 Å². The number of carbonyl (C=O) groups is 1. The second-order valence-electron chi connectivity index (χ2n) is 5.82. The quantitative estimate of drug-likeness (QED) is 0.279. The smallest absolute Gasteiger partial charge is 0.335 e. The highest BCUT2D eigenvalue weighted by molar-refractivity contribution is 6.30. The summed E-state index contributed by atoms with van der Waals surface area (Å²) in [5.74, 6) is -0.0689. The van der Waals surface area contributed by atoms with Gasteiger partial charge in [-0.25, -0.2) is 9.18 Å². The van der Waals surface area contributed by atoms with Gasteiger partial charge in [-0.15, -0.1) is 0 Å². The lowest BCUT2D eigenvalue weighted by molar-refractivity contribution is -0.143. The SMILES string of the molecule is N/C(=N/OC(=O)CCCc1nc(-c2ccc(F)cc2)no1)c1ccc(Cl)cc1. The molecule has 7 nitrogen and oxygen atoms in total. The lowest BCUT2D eigenvalue weighted by Gasteiger charge is -2.01. The number of carbonyl (C=O) groups excluding carboxylic acids is 1. The fourth-order valence-electron chi connectivity index (χ4n) is 2.28. The number of benzene rings is 2. The second kappa shape index (κ2) is 9.09. The van der Waals surface area contributed by atoms with Crippen molar-refractivity contribution in [2.75, 3.05) is 0 Å². The highest BCUT2D eigenvalue weighted by atomic mass is 35.5. The van der Waals surface area contributed by atoms with E-state index in [1.165, 1.54) is 12.1 Å². The van der Waals surface area contributed by atoms with E-state index < -0.39 is 5.97 Å². The highest BCUT2D eigenvalue weighted by Crippen LogP contribution is 2.17. The van der Waals surface area contributed by atoms with Gasteiger partial charge in [0, 0.05) is 29.0 Å². The van der Waals surface area contributed by atoms with Crippen molar-refractivity contribution in [3.8, 4) is 11.4 Å². The van der Waals surface area contributed by atoms with E-state index in [9.17, 15) is 9.18 Å². The molecule has 0 amide bonds. The molecular weight excluding hydrogens is 387 g/mol. The summed E-state index contributed by atoms with van der Waals surface area (Å²) >= 11 is 5.80. The number of aromatic nitrogens is 2. The standard InChI is InChI=1S/C19H16ClFN4O3/c20-14-8-4-12(5-9-14)18(22)24-28-17(26)3-1-2-16-23-19(25-27-16)13-6-10-15(21)11-7-13/h4-11H,1-3H2,(H2,22,24). The molecule has 28 heavy (non-hydrogen) atoms. The molecule has 0 atom stereocenters. The first-order valence-corrected chi connectivity index (χ1v) is 8.77. The third kappa shape index (κ3) is 5.37. The Morgan fingerprint density at radius 1 is 1.18 bits per heavy atom. The van der Waals surface area contributed by atoms with Crippen molar-refractivity contribution in [2.45, 2.75) is 19.3 Å². The van der Waals surface area contributed by atoms with Crippen LogP contribution in [0.4, 0.5) is 4.39 Å². The first-order chi connectivity index (χ1) is 13.5. The molecule has 0 fully saturated rings. The maximum atomic E-state index is 12.9. The molecule has 0 aliphatic carbocycles. The number of hydrogen-bond acceptors (Lipinski definition) is 6. The zero-order chi connectivity index (χ0) is 19.9. The third-order valence-corrected chi connectivity index (χ3v) is 3.98. The fraction of sp³-hybridized carbons (Fsp3) is 0.158. The molecule has 1 heterocycles. The van der Waals surface area contributed by atoms with Crippen molar-refractivity contribution >= 4 is 23.4 Å². The van der Waals surface area contributed by atoms with E-state index in [1.54, 1.807) is 36.4 Å². The molecule has 0 unspecified atom stereocenters. The van der Waals surface area contributed by atoms with Gasteiger partial charge in [-0.05, 0) is 55.0 Å². The van der Waals surface area contributed by atoms with Gasteiger partial charge in [0.2, 0.25) is 11.7 Å². The third-order valence-electron chi connectivity index (χ3n) is 3.73. The molecule has 0 radical (unpaired) electrons. The number of amidine groups is 1. The zero-order valence-corrected chi connectivity index (χ0v) is 15.4. The number of hydrogen-bond donors (Lipinski definition) is 1. The number of oxime groups is 1. The fourth-order valence-corrected chi connectivity index (χ4v) is 2.40. The molecule has 144 valence electrons. The van der Waals surface area contributed by atoms with E-state index in [1.807, 2.05) is 0 Å². The molecule has 0 aliphatic rings. The van der Waals surface area contributed by atoms with Gasteiger partial charge in [0.05, 0.1) is 0 Å². The normalized spacial score (nSPS) is 11.4. The molecule has 0 saturated heterocycles. The first kappa shape index (κ1) is 19.5. The molecule has 9 heteroatoms. The van der Waals surface area contributed by atoms with Gasteiger partial charge in [0.1, 0.15) is 5.82 Å². The van der Waals surface area contributed by atoms with Crippen molar-refractivity contribution in [3.63, 3.8) is 0 Å². The van der Waals surface area contributed by atoms with Crippen LogP contribution in [0.1, 0.15) is 24.3 Å². The molecule has 2 N–H and O–H groups in total. The first-order valence-electron chi connectivity index (χ1n) is 8.39. The van der Waals surface area contributed by atoms with Gasteiger partial charge in [-0.1, -0.05) is 21.9 Å². The van der Waals surface area contributed by atoms with E-state index in [2.05, 4.69) is 15.3 Å². The number of nitrogens with zero attached hydrogens (tertiary/aromatic N) is 3. The molecule has 0 saturated carbocycles. The van der Waals surface area contributed by atoms with Crippen LogP contribution in [0.15, 0.2) is 58.2 Å². The zero-order valence-electron chi connectivity index (χ0n) is 14.6. The van der Waals surface area contributed by atoms with Gasteiger partial charge in [0.15, 0.2) is 5.84 Å². The summed E-state index contributed by atoms with van der Waals surface area (Å²) in [6.07, 6.45) is 0.922. The van der Waals surface area contributed by atoms with Gasteiger partial charge in [-0.2, -0.15) is 4.98 Å². The number of aryl methyl sites for hydroxylation is 1. The summed E-state index contributed by atoms with van der Waals surface area (Å²) < 4.78 is 18.1. The van der Waals surface area contributed by atoms with Crippen LogP contribution in [0.2, 0.25) is 5.02 Å². The molecule has 0 spiro atoms. The summed E-state index contributed by atoms with van der Waals surface area (Å²) in [7, 11) is 0. The Morgan fingerprint density at radius 2 is 1.89 bits per heavy atom. The van der Waals surface area contributed by atoms with Crippen molar-refractivity contribution < 1.29 is 18.5 Å². The Balaban J connectivity index is 1.46. The Morgan fingerprint density at radius 3 is 2.61 bits per heavy atom. The predicted octanol–water partition coefficient (Wildman–Crippen LogP) is 3.72. The Kier molecular flexibility index (Phi) is 6.33. The maximum absolute atomic E-state index is 12.9. The molecular formula is C19H16ClFN4O3. The number of halogens is 2. The van der Waals surface area contributed by atoms with Crippen LogP contribution >= 0.6 is 11.6 Å². The minimum atomic E-state index is -0.532. The minimum absolute atomic E-state index is 0.0749. The molecule has 3 aromatic rings. The van der Waals surface area contributed by atoms with Gasteiger partial charge >= 0.3 is 5.97 Å². The van der Waals surface area contributed by atoms with Crippen LogP contribution < -0.4 is 5.73 Å². The van der Waals surface area contributed by atoms with Crippen molar-refractivity contribution in [1.82, 2.24) is 10.1 Å². The summed E-state index contributed by atoms with van der Waals surface area (Å²) in [5.41, 5.74) is 6.99. The summed E-state index contributed by atoms with van der Waals surface area (Å²) in [4.78, 5) is 20.8. The molecule has 3 rings (SSSR count). The molecule has 0 bridgehead atoms. The van der Waals surface area contributed by atoms with E-state index in [-0.39, 0.29) is 18.1 Å². The molecule has 2 aromatic carbocycles. The lowest BCUT2D eigenvalue weighted by atomic mass is 10.2. The van der Waals surface area contributed by atoms with Crippen molar-refractivity contribution in [2.24, 2.45) is 10.9 Å². The van der Waals surface area contributed by atoms with Crippen LogP contribution in [-0.4, -0.2) is 21.9 Å². The van der Waals surface area contributed by atoms with Crippen LogP contribution in [0.5, 0.6) is 0 Å².